The lowest BCUT2D eigenvalue weighted by Crippen LogP contribution is -2.31. The summed E-state index contributed by atoms with van der Waals surface area (Å²) in [6, 6.07) is 4.66. The van der Waals surface area contributed by atoms with Crippen LogP contribution in [0.25, 0.3) is 32.7 Å². The molecule has 126 valence electrons. The molecule has 0 spiro atoms. The van der Waals surface area contributed by atoms with Crippen molar-refractivity contribution in [3.05, 3.63) is 65.2 Å². The number of carbonyl (C=O) groups is 2. The van der Waals surface area contributed by atoms with Crippen molar-refractivity contribution in [3.8, 4) is 22.6 Å². The Kier molecular flexibility index (Phi) is 3.16. The van der Waals surface area contributed by atoms with E-state index in [0.717, 1.165) is 0 Å². The largest absolute Gasteiger partial charge is 0.429 e. The van der Waals surface area contributed by atoms with Crippen LogP contribution in [0, 0.1) is 0 Å². The van der Waals surface area contributed by atoms with E-state index in [0.29, 0.717) is 0 Å². The molecule has 2 aromatic carbocycles. The van der Waals surface area contributed by atoms with Gasteiger partial charge in [-0.15, -0.1) is 0 Å². The fraction of sp³-hybridized carbons (Fsp3) is 0. The zero-order valence-electron chi connectivity index (χ0n) is 12.7. The van der Waals surface area contributed by atoms with E-state index in [-0.39, 0.29) is 57.1 Å². The summed E-state index contributed by atoms with van der Waals surface area (Å²) in [4.78, 5) is 71.1. The smallest absolute Gasteiger partial charge is 0.298 e. The molecule has 4 rings (SSSR count). The van der Waals surface area contributed by atoms with E-state index in [2.05, 4.69) is 9.47 Å². The topological polar surface area (TPSA) is 121 Å². The minimum Gasteiger partial charge on any atom is -0.429 e. The summed E-state index contributed by atoms with van der Waals surface area (Å²) in [6.45, 7) is 0.197. The molecule has 0 amide bonds. The van der Waals surface area contributed by atoms with Gasteiger partial charge in [0.1, 0.15) is 11.5 Å². The van der Waals surface area contributed by atoms with Crippen molar-refractivity contribution < 1.29 is 19.1 Å². The number of hydrogen-bond acceptors (Lipinski definition) is 8. The van der Waals surface area contributed by atoms with Crippen LogP contribution in [0.5, 0.6) is 11.5 Å². The number of carbonyl (C=O) groups excluding carboxylic acids is 2. The number of rotatable bonds is 4. The molecule has 0 aliphatic heterocycles. The van der Waals surface area contributed by atoms with E-state index in [1.165, 1.54) is 24.3 Å². The summed E-state index contributed by atoms with van der Waals surface area (Å²) >= 11 is 0. The molecule has 2 aliphatic carbocycles. The zero-order chi connectivity index (χ0) is 18.6. The Labute approximate surface area is 142 Å². The molecule has 0 fully saturated rings. The van der Waals surface area contributed by atoms with Crippen LogP contribution in [-0.2, 0) is 9.59 Å². The zero-order valence-corrected chi connectivity index (χ0v) is 12.7. The van der Waals surface area contributed by atoms with Crippen molar-refractivity contribution in [3.63, 3.8) is 0 Å². The summed E-state index contributed by atoms with van der Waals surface area (Å²) in [6.07, 6.45) is 0. The van der Waals surface area contributed by atoms with Gasteiger partial charge in [0, 0.05) is 32.7 Å². The molecule has 0 N–H and O–H groups in total. The van der Waals surface area contributed by atoms with Crippen LogP contribution in [0.2, 0.25) is 0 Å². The van der Waals surface area contributed by atoms with Gasteiger partial charge < -0.3 is 9.47 Å². The first-order valence-corrected chi connectivity index (χ1v) is 7.23. The van der Waals surface area contributed by atoms with Crippen LogP contribution in [0.4, 0.5) is 0 Å². The predicted molar refractivity (Wildman–Crippen MR) is 90.1 cm³/mol. The van der Waals surface area contributed by atoms with Gasteiger partial charge in [-0.3, -0.25) is 28.8 Å². The molecule has 0 saturated heterocycles. The van der Waals surface area contributed by atoms with E-state index < -0.39 is 21.7 Å². The van der Waals surface area contributed by atoms with Crippen LogP contribution >= 0.6 is 0 Å². The molecule has 26 heavy (non-hydrogen) atoms. The van der Waals surface area contributed by atoms with Gasteiger partial charge in [-0.05, 0) is 24.3 Å². The molecule has 0 heterocycles. The maximum absolute atomic E-state index is 12.5. The van der Waals surface area contributed by atoms with Crippen LogP contribution in [0.15, 0.2) is 43.4 Å². The second kappa shape index (κ2) is 5.28. The minimum absolute atomic E-state index is 0.0983. The van der Waals surface area contributed by atoms with E-state index in [1.807, 2.05) is 0 Å². The van der Waals surface area contributed by atoms with Gasteiger partial charge in [0.2, 0.25) is 21.7 Å². The lowest BCUT2D eigenvalue weighted by atomic mass is 9.86. The van der Waals surface area contributed by atoms with Gasteiger partial charge in [-0.1, -0.05) is 0 Å². The van der Waals surface area contributed by atoms with Crippen LogP contribution < -0.4 is 31.2 Å². The van der Waals surface area contributed by atoms with Gasteiger partial charge in [-0.25, -0.2) is 0 Å². The Bertz CT molecular complexity index is 1190. The number of hydrogen-bond donors (Lipinski definition) is 0. The van der Waals surface area contributed by atoms with E-state index in [4.69, 9.17) is 0 Å². The molecule has 2 aromatic rings. The Balaban J connectivity index is 2.38. The summed E-state index contributed by atoms with van der Waals surface area (Å²) in [5.74, 6) is -0.271. The molecule has 0 unspecified atom stereocenters. The maximum Gasteiger partial charge on any atom is 0.298 e. The standard InChI is InChI=1S/C18H6O8/c19-5-25-7-1-9-13-10(2-7)17(23)18(24)12-4-8(26-6-20)3-11(14(12)13)16(22)15(9)21/h1-6H. The Morgan fingerprint density at radius 2 is 0.808 bits per heavy atom. The highest BCUT2D eigenvalue weighted by atomic mass is 16.5. The Hall–Kier alpha value is -3.94. The van der Waals surface area contributed by atoms with Crippen molar-refractivity contribution in [1.29, 1.82) is 0 Å². The second-order valence-corrected chi connectivity index (χ2v) is 5.53. The van der Waals surface area contributed by atoms with Gasteiger partial charge in [0.05, 0.1) is 0 Å². The second-order valence-electron chi connectivity index (χ2n) is 5.53. The monoisotopic (exact) mass is 350 g/mol. The van der Waals surface area contributed by atoms with Crippen molar-refractivity contribution in [2.24, 2.45) is 0 Å². The third-order valence-electron chi connectivity index (χ3n) is 4.23. The van der Waals surface area contributed by atoms with Crippen molar-refractivity contribution >= 4 is 34.5 Å². The van der Waals surface area contributed by atoms with Crippen molar-refractivity contribution in [2.75, 3.05) is 0 Å². The van der Waals surface area contributed by atoms with Gasteiger partial charge >= 0.3 is 0 Å². The third kappa shape index (κ3) is 1.89. The highest BCUT2D eigenvalue weighted by Gasteiger charge is 2.26. The fourth-order valence-corrected chi connectivity index (χ4v) is 3.22. The van der Waals surface area contributed by atoms with Crippen LogP contribution in [0.1, 0.15) is 0 Å². The van der Waals surface area contributed by atoms with Gasteiger partial charge in [-0.2, -0.15) is 0 Å². The predicted octanol–water partition coefficient (Wildman–Crippen LogP) is -0.0776. The van der Waals surface area contributed by atoms with Crippen LogP contribution in [0.3, 0.4) is 0 Å². The molecular weight excluding hydrogens is 344 g/mol. The maximum atomic E-state index is 12.5. The highest BCUT2D eigenvalue weighted by molar-refractivity contribution is 6.12. The highest BCUT2D eigenvalue weighted by Crippen LogP contribution is 2.38. The average Bonchev–Trinajstić information content (AvgIpc) is 2.63. The fourth-order valence-electron chi connectivity index (χ4n) is 3.22. The minimum atomic E-state index is -0.929. The first kappa shape index (κ1) is 15.6. The Morgan fingerprint density at radius 1 is 0.538 bits per heavy atom. The SMILES string of the molecule is O=COc1cc2c3c(c1)c(=O)c(=O)c1cc(OC=O)cc(c1-3)c(=O)c2=O. The molecule has 0 saturated carbocycles. The normalized spacial score (nSPS) is 11.2. The van der Waals surface area contributed by atoms with E-state index >= 15 is 0 Å². The molecule has 8 heteroatoms. The molecule has 0 radical (unpaired) electrons. The van der Waals surface area contributed by atoms with E-state index in [1.54, 1.807) is 0 Å². The van der Waals surface area contributed by atoms with Gasteiger partial charge in [0.15, 0.2) is 0 Å². The lowest BCUT2D eigenvalue weighted by Gasteiger charge is -2.15. The summed E-state index contributed by atoms with van der Waals surface area (Å²) < 4.78 is 9.35. The number of ether oxygens (including phenoxy) is 2. The average molecular weight is 350 g/mol. The molecule has 0 atom stereocenters. The van der Waals surface area contributed by atoms with Gasteiger partial charge in [0.25, 0.3) is 12.9 Å². The molecular formula is C18H6O8. The molecule has 0 aromatic heterocycles. The molecule has 0 bridgehead atoms. The van der Waals surface area contributed by atoms with Crippen LogP contribution in [-0.4, -0.2) is 12.9 Å². The molecule has 2 aliphatic rings. The number of benzene rings is 4. The third-order valence-corrected chi connectivity index (χ3v) is 4.23. The van der Waals surface area contributed by atoms with E-state index in [9.17, 15) is 28.8 Å². The quantitative estimate of drug-likeness (QED) is 0.285. The molecule has 8 nitrogen and oxygen atoms in total. The first-order valence-electron chi connectivity index (χ1n) is 7.23. The summed E-state index contributed by atoms with van der Waals surface area (Å²) in [5, 5.41) is -0.544. The lowest BCUT2D eigenvalue weighted by molar-refractivity contribution is -0.121. The first-order chi connectivity index (χ1) is 12.5. The summed E-state index contributed by atoms with van der Waals surface area (Å²) in [5.41, 5.74) is -3.47. The van der Waals surface area contributed by atoms with Crippen molar-refractivity contribution in [1.82, 2.24) is 0 Å². The summed E-state index contributed by atoms with van der Waals surface area (Å²) in [7, 11) is 0. The van der Waals surface area contributed by atoms with Crippen molar-refractivity contribution in [2.45, 2.75) is 0 Å². The Morgan fingerprint density at radius 3 is 1.04 bits per heavy atom.